The predicted molar refractivity (Wildman–Crippen MR) is 128 cm³/mol. The molecule has 0 spiro atoms. The third-order valence-corrected chi connectivity index (χ3v) is 9.12. The summed E-state index contributed by atoms with van der Waals surface area (Å²) in [7, 11) is -3.61. The van der Waals surface area contributed by atoms with Gasteiger partial charge in [0.05, 0.1) is 10.6 Å². The molecule has 10 heteroatoms. The van der Waals surface area contributed by atoms with E-state index in [0.717, 1.165) is 24.8 Å². The van der Waals surface area contributed by atoms with E-state index in [-0.39, 0.29) is 38.7 Å². The summed E-state index contributed by atoms with van der Waals surface area (Å²) in [5, 5.41) is 1.80. The number of benzene rings is 1. The number of carbonyl (C=O) groups is 2. The van der Waals surface area contributed by atoms with E-state index in [0.29, 0.717) is 15.5 Å². The van der Waals surface area contributed by atoms with Crippen LogP contribution in [0.4, 0.5) is 0 Å². The number of carbonyl (C=O) groups excluding carboxylic acids is 2. The summed E-state index contributed by atoms with van der Waals surface area (Å²) in [4.78, 5) is 27.5. The molecule has 1 aromatic carbocycles. The Morgan fingerprint density at radius 3 is 2.47 bits per heavy atom. The number of nitrogens with zero attached hydrogens (tertiary/aromatic N) is 3. The molecule has 2 aromatic heterocycles. The summed E-state index contributed by atoms with van der Waals surface area (Å²) in [6, 6.07) is 10.9. The Bertz CT molecular complexity index is 1310. The van der Waals surface area contributed by atoms with Gasteiger partial charge in [0.1, 0.15) is 4.88 Å². The first-order valence-corrected chi connectivity index (χ1v) is 13.5. The van der Waals surface area contributed by atoms with Gasteiger partial charge in [-0.25, -0.2) is 13.2 Å². The summed E-state index contributed by atoms with van der Waals surface area (Å²) in [5.74, 6) is -0.883. The monoisotopic (exact) mass is 499 g/mol. The van der Waals surface area contributed by atoms with E-state index in [2.05, 4.69) is 0 Å². The average Bonchev–Trinajstić information content (AvgIpc) is 3.62. The van der Waals surface area contributed by atoms with Crippen molar-refractivity contribution in [3.05, 3.63) is 70.2 Å². The van der Waals surface area contributed by atoms with E-state index in [1.54, 1.807) is 22.4 Å². The number of piperazine rings is 1. The average molecular weight is 500 g/mol. The van der Waals surface area contributed by atoms with E-state index in [1.807, 2.05) is 41.2 Å². The van der Waals surface area contributed by atoms with Crippen LogP contribution in [0, 0.1) is 0 Å². The summed E-state index contributed by atoms with van der Waals surface area (Å²) >= 11 is 1.26. The Morgan fingerprint density at radius 2 is 1.71 bits per heavy atom. The number of hydrogen-bond acceptors (Lipinski definition) is 6. The lowest BCUT2D eigenvalue weighted by atomic mass is 10.1. The molecule has 8 nitrogen and oxygen atoms in total. The van der Waals surface area contributed by atoms with Crippen molar-refractivity contribution in [3.63, 3.8) is 0 Å². The Balaban J connectivity index is 1.16. The van der Waals surface area contributed by atoms with Crippen molar-refractivity contribution in [2.75, 3.05) is 32.8 Å². The van der Waals surface area contributed by atoms with Gasteiger partial charge in [0, 0.05) is 38.6 Å². The lowest BCUT2D eigenvalue weighted by Crippen LogP contribution is -2.51. The molecule has 1 amide bonds. The van der Waals surface area contributed by atoms with E-state index < -0.39 is 16.0 Å². The predicted octanol–water partition coefficient (Wildman–Crippen LogP) is 2.72. The van der Waals surface area contributed by atoms with Crippen molar-refractivity contribution in [1.82, 2.24) is 13.8 Å². The van der Waals surface area contributed by atoms with Crippen LogP contribution >= 0.6 is 11.3 Å². The van der Waals surface area contributed by atoms with E-state index in [4.69, 9.17) is 4.74 Å². The van der Waals surface area contributed by atoms with Crippen LogP contribution < -0.4 is 0 Å². The third kappa shape index (κ3) is 4.40. The summed E-state index contributed by atoms with van der Waals surface area (Å²) in [5.41, 5.74) is 3.05. The van der Waals surface area contributed by atoms with Gasteiger partial charge in [0.2, 0.25) is 10.0 Å². The number of rotatable bonds is 6. The first-order valence-electron chi connectivity index (χ1n) is 11.2. The second kappa shape index (κ2) is 9.36. The van der Waals surface area contributed by atoms with Gasteiger partial charge < -0.3 is 14.2 Å². The fraction of sp³-hybridized carbons (Fsp3) is 0.333. The second-order valence-corrected chi connectivity index (χ2v) is 11.2. The molecule has 0 bridgehead atoms. The van der Waals surface area contributed by atoms with Crippen molar-refractivity contribution >= 4 is 33.2 Å². The molecule has 178 valence electrons. The largest absolute Gasteiger partial charge is 0.451 e. The number of hydrogen-bond donors (Lipinski definition) is 0. The highest BCUT2D eigenvalue weighted by molar-refractivity contribution is 7.89. The van der Waals surface area contributed by atoms with Gasteiger partial charge in [-0.15, -0.1) is 11.3 Å². The molecule has 1 aliphatic heterocycles. The number of fused-ring (bicyclic) bond motifs is 1. The fourth-order valence-corrected chi connectivity index (χ4v) is 6.73. The van der Waals surface area contributed by atoms with Crippen LogP contribution in [0.2, 0.25) is 0 Å². The Kier molecular flexibility index (Phi) is 6.28. The van der Waals surface area contributed by atoms with Crippen molar-refractivity contribution in [2.24, 2.45) is 0 Å². The minimum absolute atomic E-state index is 0.210. The number of thiophene rings is 1. The van der Waals surface area contributed by atoms with Crippen LogP contribution in [0.15, 0.2) is 59.1 Å². The molecule has 1 aliphatic carbocycles. The quantitative estimate of drug-likeness (QED) is 0.487. The van der Waals surface area contributed by atoms with Crippen LogP contribution in [-0.2, 0) is 32.4 Å². The second-order valence-electron chi connectivity index (χ2n) is 8.37. The molecule has 0 saturated carbocycles. The van der Waals surface area contributed by atoms with Crippen LogP contribution in [0.3, 0.4) is 0 Å². The van der Waals surface area contributed by atoms with Gasteiger partial charge in [0.15, 0.2) is 6.61 Å². The molecule has 3 aromatic rings. The Labute approximate surface area is 202 Å². The van der Waals surface area contributed by atoms with Crippen molar-refractivity contribution in [1.29, 1.82) is 0 Å². The summed E-state index contributed by atoms with van der Waals surface area (Å²) in [6.45, 7) is 0.561. The third-order valence-electron chi connectivity index (χ3n) is 6.34. The number of amides is 1. The zero-order valence-electron chi connectivity index (χ0n) is 18.6. The maximum Gasteiger partial charge on any atom is 0.350 e. The minimum atomic E-state index is -3.61. The number of esters is 1. The molecule has 34 heavy (non-hydrogen) atoms. The minimum Gasteiger partial charge on any atom is -0.451 e. The van der Waals surface area contributed by atoms with Gasteiger partial charge in [-0.05, 0) is 66.1 Å². The Morgan fingerprint density at radius 1 is 0.971 bits per heavy atom. The van der Waals surface area contributed by atoms with Crippen molar-refractivity contribution < 1.29 is 22.7 Å². The number of aryl methyl sites for hydroxylation is 2. The molecule has 3 heterocycles. The zero-order chi connectivity index (χ0) is 23.7. The molecule has 5 rings (SSSR count). The standard InChI is InChI=1S/C24H25N3O5S2/c28-22(17-32-24(29)23-21(8-15-33-23)25-9-1-2-10-25)26-11-13-27(14-12-26)34(30,31)20-7-6-18-4-3-5-19(18)16-20/h1-2,6-10,15-16H,3-5,11-14,17H2. The molecule has 2 aliphatic rings. The van der Waals surface area contributed by atoms with E-state index >= 15 is 0 Å². The SMILES string of the molecule is O=C(OCC(=O)N1CCN(S(=O)(=O)c2ccc3c(c2)CCC3)CC1)c1sccc1-n1cccc1. The highest BCUT2D eigenvalue weighted by atomic mass is 32.2. The van der Waals surface area contributed by atoms with Crippen LogP contribution in [0.1, 0.15) is 27.2 Å². The van der Waals surface area contributed by atoms with E-state index in [9.17, 15) is 18.0 Å². The number of aromatic nitrogens is 1. The zero-order valence-corrected chi connectivity index (χ0v) is 20.2. The number of sulfonamides is 1. The molecule has 1 fully saturated rings. The fourth-order valence-electron chi connectivity index (χ4n) is 4.47. The van der Waals surface area contributed by atoms with Crippen LogP contribution in [0.5, 0.6) is 0 Å². The van der Waals surface area contributed by atoms with E-state index in [1.165, 1.54) is 21.2 Å². The van der Waals surface area contributed by atoms with Gasteiger partial charge >= 0.3 is 5.97 Å². The maximum atomic E-state index is 13.1. The highest BCUT2D eigenvalue weighted by Gasteiger charge is 2.31. The molecule has 0 radical (unpaired) electrons. The maximum absolute atomic E-state index is 13.1. The number of ether oxygens (including phenoxy) is 1. The lowest BCUT2D eigenvalue weighted by molar-refractivity contribution is -0.135. The first kappa shape index (κ1) is 22.8. The normalized spacial score (nSPS) is 16.4. The van der Waals surface area contributed by atoms with Crippen LogP contribution in [-0.4, -0.2) is 66.9 Å². The lowest BCUT2D eigenvalue weighted by Gasteiger charge is -2.34. The van der Waals surface area contributed by atoms with Crippen molar-refractivity contribution in [3.8, 4) is 5.69 Å². The summed E-state index contributed by atoms with van der Waals surface area (Å²) < 4.78 is 34.7. The van der Waals surface area contributed by atoms with Crippen molar-refractivity contribution in [2.45, 2.75) is 24.2 Å². The van der Waals surface area contributed by atoms with Gasteiger partial charge in [-0.1, -0.05) is 6.07 Å². The van der Waals surface area contributed by atoms with Gasteiger partial charge in [0.25, 0.3) is 5.91 Å². The molecule has 0 atom stereocenters. The topological polar surface area (TPSA) is 88.9 Å². The molecular weight excluding hydrogens is 474 g/mol. The van der Waals surface area contributed by atoms with Gasteiger partial charge in [-0.3, -0.25) is 4.79 Å². The first-order chi connectivity index (χ1) is 16.4. The summed E-state index contributed by atoms with van der Waals surface area (Å²) in [6.07, 6.45) is 6.64. The molecule has 0 N–H and O–H groups in total. The molecular formula is C24H25N3O5S2. The van der Waals surface area contributed by atoms with Gasteiger partial charge in [-0.2, -0.15) is 4.31 Å². The Hall–Kier alpha value is -2.95. The smallest absolute Gasteiger partial charge is 0.350 e. The van der Waals surface area contributed by atoms with Crippen LogP contribution in [0.25, 0.3) is 5.69 Å². The molecule has 1 saturated heterocycles. The highest BCUT2D eigenvalue weighted by Crippen LogP contribution is 2.27. The molecule has 0 unspecified atom stereocenters.